The lowest BCUT2D eigenvalue weighted by Crippen LogP contribution is -2.31. The van der Waals surface area contributed by atoms with Crippen LogP contribution in [0.1, 0.15) is 211 Å². The number of hydrogen-bond acceptors (Lipinski definition) is 4. The van der Waals surface area contributed by atoms with Crippen LogP contribution < -0.4 is 0 Å². The van der Waals surface area contributed by atoms with Gasteiger partial charge in [-0.1, -0.05) is 211 Å². The highest BCUT2D eigenvalue weighted by Crippen LogP contribution is 2.59. The van der Waals surface area contributed by atoms with E-state index in [2.05, 4.69) is 154 Å². The van der Waals surface area contributed by atoms with Crippen molar-refractivity contribution in [3.8, 4) is 45.2 Å². The lowest BCUT2D eigenvalue weighted by atomic mass is 9.65. The molecule has 4 heteroatoms. The zero-order chi connectivity index (χ0) is 49.9. The predicted molar refractivity (Wildman–Crippen MR) is 301 cm³/mol. The van der Waals surface area contributed by atoms with Crippen molar-refractivity contribution < 1.29 is 8.83 Å². The van der Waals surface area contributed by atoms with Gasteiger partial charge in [0, 0.05) is 34.1 Å². The van der Waals surface area contributed by atoms with Crippen LogP contribution in [-0.2, 0) is 10.8 Å². The summed E-state index contributed by atoms with van der Waals surface area (Å²) in [5.41, 5.74) is 19.4. The van der Waals surface area contributed by atoms with Gasteiger partial charge in [0.05, 0.1) is 0 Å². The summed E-state index contributed by atoms with van der Waals surface area (Å²) in [6.45, 7) is 23.6. The molecule has 5 aromatic carbocycles. The highest BCUT2D eigenvalue weighted by Gasteiger charge is 2.47. The number of fused-ring (bicyclic) bond motifs is 8. The number of aryl methyl sites for hydroxylation is 2. The van der Waals surface area contributed by atoms with Gasteiger partial charge in [0.15, 0.2) is 11.2 Å². The fourth-order valence-corrected chi connectivity index (χ4v) is 13.7. The molecule has 0 N–H and O–H groups in total. The molecule has 2 aliphatic rings. The minimum atomic E-state index is -0.0549. The molecule has 4 atom stereocenters. The lowest BCUT2D eigenvalue weighted by molar-refractivity contribution is 0.266. The zero-order valence-corrected chi connectivity index (χ0v) is 45.5. The van der Waals surface area contributed by atoms with E-state index in [0.717, 1.165) is 33.3 Å². The van der Waals surface area contributed by atoms with Crippen molar-refractivity contribution in [3.63, 3.8) is 0 Å². The molecule has 2 aromatic heterocycles. The maximum Gasteiger partial charge on any atom is 0.227 e. The van der Waals surface area contributed by atoms with Crippen molar-refractivity contribution in [3.05, 3.63) is 118 Å². The van der Waals surface area contributed by atoms with E-state index in [0.29, 0.717) is 35.5 Å². The topological polar surface area (TPSA) is 52.1 Å². The first-order chi connectivity index (χ1) is 34.5. The standard InChI is InChI=1S/C67H86N2O2/c1-11-19-22-25-49(18-8)43-66(40-46(14-4)15-5)56-34-44(9)26-30-52(56)54-32-28-50(36-58(54)66)64-68-60-38-63-61(39-62(60)70-64)69-65(71-63)51-29-33-55-53-31-27-45(10)35-57(53)67(59(55)37-51,41-47(16-6)23-20-12-2)42-48(17-7)24-21-13-3/h26-39,46-49H,11-25,40-43H2,1-10H3. The lowest BCUT2D eigenvalue weighted by Gasteiger charge is -2.39. The Bertz CT molecular complexity index is 2860. The number of nitrogens with zero attached hydrogens (tertiary/aromatic N) is 2. The third-order valence-electron chi connectivity index (χ3n) is 18.0. The summed E-state index contributed by atoms with van der Waals surface area (Å²) in [4.78, 5) is 10.5. The van der Waals surface area contributed by atoms with E-state index in [1.54, 1.807) is 5.56 Å². The smallest absolute Gasteiger partial charge is 0.227 e. The molecule has 0 saturated heterocycles. The first kappa shape index (κ1) is 51.0. The quantitative estimate of drug-likeness (QED) is 0.0536. The summed E-state index contributed by atoms with van der Waals surface area (Å²) in [5.74, 6) is 3.98. The molecule has 7 aromatic rings. The van der Waals surface area contributed by atoms with Crippen molar-refractivity contribution in [2.75, 3.05) is 0 Å². The van der Waals surface area contributed by atoms with Crippen LogP contribution in [0, 0.1) is 37.5 Å². The number of unbranched alkanes of at least 4 members (excludes halogenated alkanes) is 4. The molecule has 0 saturated carbocycles. The first-order valence-electron chi connectivity index (χ1n) is 28.8. The summed E-state index contributed by atoms with van der Waals surface area (Å²) in [5, 5.41) is 0. The average Bonchev–Trinajstić information content (AvgIpc) is 4.13. The van der Waals surface area contributed by atoms with Crippen molar-refractivity contribution in [2.45, 2.75) is 202 Å². The molecule has 376 valence electrons. The fourth-order valence-electron chi connectivity index (χ4n) is 13.7. The third-order valence-corrected chi connectivity index (χ3v) is 18.0. The molecule has 0 aliphatic heterocycles. The molecule has 0 amide bonds. The van der Waals surface area contributed by atoms with Gasteiger partial charge >= 0.3 is 0 Å². The molecule has 0 radical (unpaired) electrons. The van der Waals surface area contributed by atoms with E-state index in [-0.39, 0.29) is 10.8 Å². The van der Waals surface area contributed by atoms with Crippen molar-refractivity contribution in [1.29, 1.82) is 0 Å². The fraction of sp³-hybridized carbons (Fsp3) is 0.522. The normalized spacial score (nSPS) is 18.3. The Labute approximate surface area is 428 Å². The molecule has 0 fully saturated rings. The number of hydrogen-bond donors (Lipinski definition) is 0. The van der Waals surface area contributed by atoms with E-state index >= 15 is 0 Å². The number of oxazole rings is 2. The van der Waals surface area contributed by atoms with E-state index in [1.807, 2.05) is 0 Å². The molecule has 4 nitrogen and oxygen atoms in total. The van der Waals surface area contributed by atoms with Gasteiger partial charge in [0.2, 0.25) is 11.8 Å². The number of benzene rings is 5. The SMILES string of the molecule is CCCCCC(CC)CC1(CC(CC)CC)c2cc(C)ccc2-c2ccc(-c3nc4cc5oc(-c6ccc7c(c6)C(CC(CC)CCCC)(CC(CC)CCCC)c6cc(C)ccc6-7)nc5cc4o3)cc21. The molecule has 0 spiro atoms. The Hall–Kier alpha value is -4.96. The second-order valence-electron chi connectivity index (χ2n) is 22.7. The second-order valence-corrected chi connectivity index (χ2v) is 22.7. The van der Waals surface area contributed by atoms with Gasteiger partial charge in [-0.25, -0.2) is 9.97 Å². The van der Waals surface area contributed by atoms with E-state index in [4.69, 9.17) is 18.8 Å². The minimum absolute atomic E-state index is 0.0547. The summed E-state index contributed by atoms with van der Waals surface area (Å²) in [6, 6.07) is 32.8. The summed E-state index contributed by atoms with van der Waals surface area (Å²) in [6.07, 6.45) is 23.6. The molecule has 9 rings (SSSR count). The predicted octanol–water partition coefficient (Wildman–Crippen LogP) is 20.5. The highest BCUT2D eigenvalue weighted by atomic mass is 16.4. The van der Waals surface area contributed by atoms with Crippen LogP contribution in [0.15, 0.2) is 93.8 Å². The van der Waals surface area contributed by atoms with Crippen LogP contribution in [0.4, 0.5) is 0 Å². The van der Waals surface area contributed by atoms with Gasteiger partial charge in [-0.3, -0.25) is 0 Å². The van der Waals surface area contributed by atoms with Crippen molar-refractivity contribution in [1.82, 2.24) is 9.97 Å². The molecular weight excluding hydrogens is 865 g/mol. The highest BCUT2D eigenvalue weighted by molar-refractivity contribution is 5.92. The molecule has 2 heterocycles. The summed E-state index contributed by atoms with van der Waals surface area (Å²) in [7, 11) is 0. The summed E-state index contributed by atoms with van der Waals surface area (Å²) >= 11 is 0. The monoisotopic (exact) mass is 951 g/mol. The van der Waals surface area contributed by atoms with Crippen molar-refractivity contribution >= 4 is 22.2 Å². The van der Waals surface area contributed by atoms with Crippen LogP contribution >= 0.6 is 0 Å². The van der Waals surface area contributed by atoms with Gasteiger partial charge in [-0.15, -0.1) is 0 Å². The van der Waals surface area contributed by atoms with Gasteiger partial charge in [0.25, 0.3) is 0 Å². The van der Waals surface area contributed by atoms with Crippen molar-refractivity contribution in [2.24, 2.45) is 23.7 Å². The molecule has 2 aliphatic carbocycles. The zero-order valence-electron chi connectivity index (χ0n) is 45.5. The van der Waals surface area contributed by atoms with Gasteiger partial charge in [-0.2, -0.15) is 0 Å². The maximum atomic E-state index is 6.79. The Morgan fingerprint density at radius 2 is 0.746 bits per heavy atom. The van der Waals surface area contributed by atoms with Crippen LogP contribution in [0.3, 0.4) is 0 Å². The van der Waals surface area contributed by atoms with Crippen LogP contribution in [-0.4, -0.2) is 9.97 Å². The maximum absolute atomic E-state index is 6.79. The number of aromatic nitrogens is 2. The van der Waals surface area contributed by atoms with Gasteiger partial charge < -0.3 is 8.83 Å². The minimum Gasteiger partial charge on any atom is -0.436 e. The van der Waals surface area contributed by atoms with E-state index < -0.39 is 0 Å². The Balaban J connectivity index is 1.10. The average molecular weight is 951 g/mol. The van der Waals surface area contributed by atoms with Crippen LogP contribution in [0.5, 0.6) is 0 Å². The van der Waals surface area contributed by atoms with Crippen LogP contribution in [0.25, 0.3) is 67.4 Å². The molecular formula is C67H86N2O2. The molecule has 4 unspecified atom stereocenters. The Morgan fingerprint density at radius 1 is 0.394 bits per heavy atom. The molecule has 0 bridgehead atoms. The second kappa shape index (κ2) is 22.0. The summed E-state index contributed by atoms with van der Waals surface area (Å²) < 4.78 is 13.6. The largest absolute Gasteiger partial charge is 0.436 e. The third kappa shape index (κ3) is 9.84. The van der Waals surface area contributed by atoms with E-state index in [9.17, 15) is 0 Å². The van der Waals surface area contributed by atoms with Gasteiger partial charge in [-0.05, 0) is 132 Å². The van der Waals surface area contributed by atoms with Gasteiger partial charge in [0.1, 0.15) is 11.0 Å². The van der Waals surface area contributed by atoms with E-state index in [1.165, 1.54) is 172 Å². The Kier molecular flexibility index (Phi) is 15.8. The first-order valence-corrected chi connectivity index (χ1v) is 28.8. The number of rotatable bonds is 25. The molecule has 71 heavy (non-hydrogen) atoms. The van der Waals surface area contributed by atoms with Crippen LogP contribution in [0.2, 0.25) is 0 Å². The Morgan fingerprint density at radius 3 is 1.13 bits per heavy atom.